The summed E-state index contributed by atoms with van der Waals surface area (Å²) in [5.41, 5.74) is 3.69. The van der Waals surface area contributed by atoms with Gasteiger partial charge in [0.15, 0.2) is 0 Å². The van der Waals surface area contributed by atoms with Gasteiger partial charge in [-0.05, 0) is 48.1 Å². The van der Waals surface area contributed by atoms with Crippen molar-refractivity contribution in [1.82, 2.24) is 4.90 Å². The highest BCUT2D eigenvalue weighted by Gasteiger charge is 2.32. The van der Waals surface area contributed by atoms with Gasteiger partial charge in [0.05, 0.1) is 11.4 Å². The Balaban J connectivity index is 1.44. The zero-order chi connectivity index (χ0) is 21.6. The number of para-hydroxylation sites is 1. The molecular formula is C25H24N2O2S2. The number of hydrogen-bond donors (Lipinski definition) is 1. The Morgan fingerprint density at radius 3 is 2.48 bits per heavy atom. The fourth-order valence-corrected chi connectivity index (χ4v) is 5.38. The van der Waals surface area contributed by atoms with Crippen LogP contribution in [0.1, 0.15) is 26.9 Å². The van der Waals surface area contributed by atoms with E-state index in [9.17, 15) is 9.59 Å². The summed E-state index contributed by atoms with van der Waals surface area (Å²) >= 11 is 3.24. The van der Waals surface area contributed by atoms with Crippen molar-refractivity contribution in [3.8, 4) is 0 Å². The first-order valence-corrected chi connectivity index (χ1v) is 12.4. The predicted molar refractivity (Wildman–Crippen MR) is 130 cm³/mol. The quantitative estimate of drug-likeness (QED) is 0.487. The number of carbonyl (C=O) groups is 2. The van der Waals surface area contributed by atoms with Crippen molar-refractivity contribution >= 4 is 41.0 Å². The summed E-state index contributed by atoms with van der Waals surface area (Å²) < 4.78 is 0. The highest BCUT2D eigenvalue weighted by Crippen LogP contribution is 2.38. The van der Waals surface area contributed by atoms with Gasteiger partial charge >= 0.3 is 0 Å². The Bertz CT molecular complexity index is 1050. The summed E-state index contributed by atoms with van der Waals surface area (Å²) in [7, 11) is 0. The lowest BCUT2D eigenvalue weighted by molar-refractivity contribution is -0.128. The van der Waals surface area contributed by atoms with Crippen molar-refractivity contribution in [3.63, 3.8) is 0 Å². The Morgan fingerprint density at radius 1 is 1.03 bits per heavy atom. The Morgan fingerprint density at radius 2 is 1.74 bits per heavy atom. The maximum absolute atomic E-state index is 12.7. The lowest BCUT2D eigenvalue weighted by atomic mass is 10.1. The normalized spacial score (nSPS) is 15.8. The molecule has 6 heteroatoms. The van der Waals surface area contributed by atoms with Crippen LogP contribution in [0, 0.1) is 0 Å². The lowest BCUT2D eigenvalue weighted by Gasteiger charge is -2.24. The molecule has 0 aliphatic carbocycles. The summed E-state index contributed by atoms with van der Waals surface area (Å²) in [6.45, 7) is 0.689. The van der Waals surface area contributed by atoms with Crippen molar-refractivity contribution in [3.05, 3.63) is 95.6 Å². The van der Waals surface area contributed by atoms with Gasteiger partial charge in [-0.25, -0.2) is 0 Å². The van der Waals surface area contributed by atoms with Gasteiger partial charge in [-0.3, -0.25) is 9.59 Å². The van der Waals surface area contributed by atoms with E-state index in [1.54, 1.807) is 23.5 Å². The molecular weight excluding hydrogens is 424 g/mol. The Kier molecular flexibility index (Phi) is 6.99. The van der Waals surface area contributed by atoms with Crippen LogP contribution in [0.5, 0.6) is 0 Å². The minimum atomic E-state index is -0.135. The van der Waals surface area contributed by atoms with Crippen LogP contribution in [0.2, 0.25) is 0 Å². The fraction of sp³-hybridized carbons (Fsp3) is 0.200. The molecule has 2 amide bonds. The number of rotatable bonds is 7. The monoisotopic (exact) mass is 448 g/mol. The first-order valence-electron chi connectivity index (χ1n) is 10.1. The molecule has 1 atom stereocenters. The summed E-state index contributed by atoms with van der Waals surface area (Å²) in [6.07, 6.45) is 2.82. The molecule has 0 unspecified atom stereocenters. The average molecular weight is 449 g/mol. The zero-order valence-electron chi connectivity index (χ0n) is 17.3. The number of thioether (sulfide) groups is 2. The van der Waals surface area contributed by atoms with Crippen LogP contribution in [0.3, 0.4) is 0 Å². The molecule has 1 aliphatic rings. The lowest BCUT2D eigenvalue weighted by Crippen LogP contribution is -2.30. The summed E-state index contributed by atoms with van der Waals surface area (Å²) in [6, 6.07) is 25.6. The number of benzene rings is 3. The molecule has 31 heavy (non-hydrogen) atoms. The van der Waals surface area contributed by atoms with Gasteiger partial charge < -0.3 is 10.2 Å². The van der Waals surface area contributed by atoms with Crippen molar-refractivity contribution in [2.24, 2.45) is 0 Å². The molecule has 0 saturated carbocycles. The molecule has 0 spiro atoms. The number of nitrogens with zero attached hydrogens (tertiary/aromatic N) is 1. The van der Waals surface area contributed by atoms with Crippen LogP contribution < -0.4 is 5.32 Å². The van der Waals surface area contributed by atoms with Crippen LogP contribution in [0.15, 0.2) is 83.8 Å². The second kappa shape index (κ2) is 10.1. The van der Waals surface area contributed by atoms with Gasteiger partial charge in [0.1, 0.15) is 5.37 Å². The van der Waals surface area contributed by atoms with Crippen molar-refractivity contribution in [1.29, 1.82) is 0 Å². The molecule has 0 bridgehead atoms. The van der Waals surface area contributed by atoms with Crippen LogP contribution in [0.4, 0.5) is 5.69 Å². The van der Waals surface area contributed by atoms with Crippen LogP contribution in [-0.4, -0.2) is 35.3 Å². The smallest absolute Gasteiger partial charge is 0.255 e. The van der Waals surface area contributed by atoms with E-state index in [0.717, 1.165) is 22.6 Å². The molecule has 4 nitrogen and oxygen atoms in total. The molecule has 4 rings (SSSR count). The number of anilines is 1. The maximum atomic E-state index is 12.7. The molecule has 0 radical (unpaired) electrons. The third-order valence-electron chi connectivity index (χ3n) is 5.27. The molecule has 158 valence electrons. The van der Waals surface area contributed by atoms with E-state index in [1.165, 1.54) is 5.56 Å². The van der Waals surface area contributed by atoms with Crippen molar-refractivity contribution in [2.45, 2.75) is 16.7 Å². The van der Waals surface area contributed by atoms with E-state index in [0.29, 0.717) is 17.9 Å². The third-order valence-corrected chi connectivity index (χ3v) is 7.32. The molecule has 1 N–H and O–H groups in total. The molecule has 3 aromatic rings. The first-order chi connectivity index (χ1) is 15.2. The SMILES string of the molecule is CSc1ccccc1NC(=O)c1ccc([C@@H]2SCC(=O)N2CCc2ccccc2)cc1. The van der Waals surface area contributed by atoms with E-state index in [2.05, 4.69) is 17.4 Å². The first kappa shape index (κ1) is 21.5. The second-order valence-corrected chi connectivity index (χ2v) is 9.18. The maximum Gasteiger partial charge on any atom is 0.255 e. The van der Waals surface area contributed by atoms with Crippen molar-refractivity contribution < 1.29 is 9.59 Å². The van der Waals surface area contributed by atoms with Gasteiger partial charge in [0.2, 0.25) is 5.91 Å². The van der Waals surface area contributed by atoms with E-state index >= 15 is 0 Å². The average Bonchev–Trinajstić information content (AvgIpc) is 3.19. The van der Waals surface area contributed by atoms with Crippen LogP contribution in [0.25, 0.3) is 0 Å². The summed E-state index contributed by atoms with van der Waals surface area (Å²) in [4.78, 5) is 28.1. The van der Waals surface area contributed by atoms with E-state index in [1.807, 2.05) is 77.9 Å². The van der Waals surface area contributed by atoms with Gasteiger partial charge in [-0.15, -0.1) is 23.5 Å². The van der Waals surface area contributed by atoms with E-state index < -0.39 is 0 Å². The molecule has 0 aromatic heterocycles. The number of amides is 2. The largest absolute Gasteiger partial charge is 0.326 e. The predicted octanol–water partition coefficient (Wildman–Crippen LogP) is 5.48. The Labute approximate surface area is 191 Å². The highest BCUT2D eigenvalue weighted by atomic mass is 32.2. The van der Waals surface area contributed by atoms with E-state index in [-0.39, 0.29) is 17.2 Å². The second-order valence-electron chi connectivity index (χ2n) is 7.26. The summed E-state index contributed by atoms with van der Waals surface area (Å²) in [5.74, 6) is 0.526. The van der Waals surface area contributed by atoms with Gasteiger partial charge in [-0.1, -0.05) is 54.6 Å². The highest BCUT2D eigenvalue weighted by molar-refractivity contribution is 8.00. The fourth-order valence-electron chi connectivity index (χ4n) is 3.61. The molecule has 1 aliphatic heterocycles. The van der Waals surface area contributed by atoms with Gasteiger partial charge in [0, 0.05) is 17.0 Å². The number of carbonyl (C=O) groups excluding carboxylic acids is 2. The minimum Gasteiger partial charge on any atom is -0.326 e. The Hall–Kier alpha value is -2.70. The topological polar surface area (TPSA) is 49.4 Å². The van der Waals surface area contributed by atoms with E-state index in [4.69, 9.17) is 0 Å². The third kappa shape index (κ3) is 5.14. The minimum absolute atomic E-state index is 0.00876. The standard InChI is InChI=1S/C25H24N2O2S2/c1-30-22-10-6-5-9-21(22)26-24(29)19-11-13-20(14-12-19)25-27(23(28)17-31-25)16-15-18-7-3-2-4-8-18/h2-14,25H,15-17H2,1H3,(H,26,29)/t25-/m0/s1. The zero-order valence-corrected chi connectivity index (χ0v) is 18.9. The van der Waals surface area contributed by atoms with Crippen LogP contribution in [-0.2, 0) is 11.2 Å². The number of hydrogen-bond acceptors (Lipinski definition) is 4. The van der Waals surface area contributed by atoms with Crippen LogP contribution >= 0.6 is 23.5 Å². The summed E-state index contributed by atoms with van der Waals surface area (Å²) in [5, 5.41) is 2.98. The molecule has 1 saturated heterocycles. The van der Waals surface area contributed by atoms with Crippen molar-refractivity contribution in [2.75, 3.05) is 23.9 Å². The number of nitrogens with one attached hydrogen (secondary N) is 1. The molecule has 1 fully saturated rings. The van der Waals surface area contributed by atoms with Gasteiger partial charge in [0.25, 0.3) is 5.91 Å². The molecule has 1 heterocycles. The van der Waals surface area contributed by atoms with Gasteiger partial charge in [-0.2, -0.15) is 0 Å². The molecule has 3 aromatic carbocycles.